The molecule has 0 saturated carbocycles. The molecule has 1 aromatic carbocycles. The van der Waals surface area contributed by atoms with E-state index in [1.165, 1.54) is 6.07 Å². The van der Waals surface area contributed by atoms with Crippen LogP contribution in [0.25, 0.3) is 0 Å². The van der Waals surface area contributed by atoms with E-state index < -0.39 is 22.9 Å². The molecule has 0 N–H and O–H groups in total. The Morgan fingerprint density at radius 2 is 1.86 bits per heavy atom. The molecule has 14 heavy (non-hydrogen) atoms. The van der Waals surface area contributed by atoms with Crippen molar-refractivity contribution in [1.29, 1.82) is 0 Å². The molecule has 0 spiro atoms. The second-order valence-electron chi connectivity index (χ2n) is 2.84. The third-order valence-corrected chi connectivity index (χ3v) is 2.29. The first-order valence-corrected chi connectivity index (χ1v) is 4.44. The van der Waals surface area contributed by atoms with E-state index in [4.69, 9.17) is 21.1 Å². The van der Waals surface area contributed by atoms with Gasteiger partial charge >= 0.3 is 0 Å². The molecule has 0 unspecified atom stereocenters. The Labute approximate surface area is 84.4 Å². The maximum absolute atomic E-state index is 13.4. The van der Waals surface area contributed by atoms with E-state index in [9.17, 15) is 8.78 Å². The van der Waals surface area contributed by atoms with E-state index in [-0.39, 0.29) is 5.56 Å². The average molecular weight is 221 g/mol. The summed E-state index contributed by atoms with van der Waals surface area (Å²) in [6, 6.07) is 2.36. The third-order valence-electron chi connectivity index (χ3n) is 1.94. The lowest BCUT2D eigenvalue weighted by Gasteiger charge is -2.11. The predicted molar refractivity (Wildman–Crippen MR) is 46.0 cm³/mol. The molecule has 1 aliphatic heterocycles. The van der Waals surface area contributed by atoms with Gasteiger partial charge in [-0.05, 0) is 12.1 Å². The van der Waals surface area contributed by atoms with Gasteiger partial charge in [0, 0.05) is 5.56 Å². The van der Waals surface area contributed by atoms with Crippen LogP contribution in [0, 0.1) is 11.6 Å². The fourth-order valence-corrected chi connectivity index (χ4v) is 1.43. The highest BCUT2D eigenvalue weighted by molar-refractivity contribution is 6.30. The second kappa shape index (κ2) is 3.81. The molecular weight excluding hydrogens is 214 g/mol. The van der Waals surface area contributed by atoms with Crippen LogP contribution in [-0.4, -0.2) is 13.2 Å². The van der Waals surface area contributed by atoms with Crippen molar-refractivity contribution in [3.8, 4) is 0 Å². The summed E-state index contributed by atoms with van der Waals surface area (Å²) in [5.41, 5.74) is 0.133. The summed E-state index contributed by atoms with van der Waals surface area (Å²) in [4.78, 5) is 0. The van der Waals surface area contributed by atoms with Gasteiger partial charge in [-0.1, -0.05) is 11.6 Å². The van der Waals surface area contributed by atoms with Crippen molar-refractivity contribution < 1.29 is 18.3 Å². The first kappa shape index (κ1) is 9.83. The lowest BCUT2D eigenvalue weighted by atomic mass is 10.2. The molecule has 2 rings (SSSR count). The van der Waals surface area contributed by atoms with E-state index in [1.807, 2.05) is 0 Å². The van der Waals surface area contributed by atoms with Gasteiger partial charge < -0.3 is 9.47 Å². The lowest BCUT2D eigenvalue weighted by molar-refractivity contribution is -0.0465. The fourth-order valence-electron chi connectivity index (χ4n) is 1.26. The monoisotopic (exact) mass is 220 g/mol. The number of hydrogen-bond acceptors (Lipinski definition) is 2. The summed E-state index contributed by atoms with van der Waals surface area (Å²) in [5.74, 6) is -1.61. The van der Waals surface area contributed by atoms with Gasteiger partial charge in [0.2, 0.25) is 0 Å². The highest BCUT2D eigenvalue weighted by Crippen LogP contribution is 2.30. The van der Waals surface area contributed by atoms with Crippen molar-refractivity contribution in [1.82, 2.24) is 0 Å². The fraction of sp³-hybridized carbons (Fsp3) is 0.333. The predicted octanol–water partition coefficient (Wildman–Crippen LogP) is 2.66. The summed E-state index contributed by atoms with van der Waals surface area (Å²) in [6.45, 7) is 0.804. The first-order valence-electron chi connectivity index (χ1n) is 4.07. The van der Waals surface area contributed by atoms with Gasteiger partial charge in [-0.25, -0.2) is 8.78 Å². The van der Waals surface area contributed by atoms with Crippen LogP contribution in [0.5, 0.6) is 0 Å². The van der Waals surface area contributed by atoms with Crippen LogP contribution in [-0.2, 0) is 9.47 Å². The standard InChI is InChI=1S/C9H7ClF2O2/c10-7-6(11)2-1-5(8(7)12)9-13-3-4-14-9/h1-2,9H,3-4H2. The van der Waals surface area contributed by atoms with Gasteiger partial charge in [-0.15, -0.1) is 0 Å². The molecule has 5 heteroatoms. The summed E-state index contributed by atoms with van der Waals surface area (Å²) >= 11 is 5.40. The van der Waals surface area contributed by atoms with Crippen LogP contribution in [0.4, 0.5) is 8.78 Å². The van der Waals surface area contributed by atoms with Crippen LogP contribution in [0.3, 0.4) is 0 Å². The molecule has 1 saturated heterocycles. The van der Waals surface area contributed by atoms with Crippen LogP contribution in [0.15, 0.2) is 12.1 Å². The largest absolute Gasteiger partial charge is 0.346 e. The summed E-state index contributed by atoms with van der Waals surface area (Å²) in [6.07, 6.45) is -0.770. The van der Waals surface area contributed by atoms with Gasteiger partial charge in [0.15, 0.2) is 12.1 Å². The minimum absolute atomic E-state index is 0.133. The normalized spacial score (nSPS) is 17.6. The minimum atomic E-state index is -0.821. The molecule has 76 valence electrons. The molecule has 0 amide bonds. The summed E-state index contributed by atoms with van der Waals surface area (Å²) in [7, 11) is 0. The van der Waals surface area contributed by atoms with Crippen LogP contribution in [0.2, 0.25) is 5.02 Å². The smallest absolute Gasteiger partial charge is 0.186 e. The van der Waals surface area contributed by atoms with Gasteiger partial charge in [0.05, 0.1) is 13.2 Å². The van der Waals surface area contributed by atoms with Crippen molar-refractivity contribution >= 4 is 11.6 Å². The average Bonchev–Trinajstić information content (AvgIpc) is 2.67. The zero-order valence-electron chi connectivity index (χ0n) is 7.10. The molecule has 1 fully saturated rings. The molecule has 0 aliphatic carbocycles. The molecule has 0 atom stereocenters. The highest BCUT2D eigenvalue weighted by atomic mass is 35.5. The molecule has 0 aromatic heterocycles. The van der Waals surface area contributed by atoms with Crippen LogP contribution in [0.1, 0.15) is 11.9 Å². The number of rotatable bonds is 1. The Morgan fingerprint density at radius 1 is 1.21 bits per heavy atom. The molecule has 1 aliphatic rings. The van der Waals surface area contributed by atoms with Gasteiger partial charge in [-0.2, -0.15) is 0 Å². The quantitative estimate of drug-likeness (QED) is 0.678. The van der Waals surface area contributed by atoms with Crippen molar-refractivity contribution in [3.63, 3.8) is 0 Å². The number of hydrogen-bond donors (Lipinski definition) is 0. The van der Waals surface area contributed by atoms with E-state index >= 15 is 0 Å². The van der Waals surface area contributed by atoms with Crippen molar-refractivity contribution in [2.75, 3.05) is 13.2 Å². The van der Waals surface area contributed by atoms with Crippen molar-refractivity contribution in [3.05, 3.63) is 34.4 Å². The van der Waals surface area contributed by atoms with Crippen LogP contribution >= 0.6 is 11.6 Å². The van der Waals surface area contributed by atoms with Gasteiger partial charge in [0.25, 0.3) is 0 Å². The summed E-state index contributed by atoms with van der Waals surface area (Å²) in [5, 5.41) is -0.526. The molecule has 0 radical (unpaired) electrons. The first-order chi connectivity index (χ1) is 6.70. The Balaban J connectivity index is 2.38. The zero-order chi connectivity index (χ0) is 10.1. The molecule has 1 heterocycles. The molecular formula is C9H7ClF2O2. The minimum Gasteiger partial charge on any atom is -0.346 e. The summed E-state index contributed by atoms with van der Waals surface area (Å²) < 4.78 is 36.3. The number of benzene rings is 1. The molecule has 1 aromatic rings. The second-order valence-corrected chi connectivity index (χ2v) is 3.22. The Kier molecular flexibility index (Phi) is 2.67. The SMILES string of the molecule is Fc1ccc(C2OCCO2)c(F)c1Cl. The highest BCUT2D eigenvalue weighted by Gasteiger charge is 2.24. The van der Waals surface area contributed by atoms with E-state index in [2.05, 4.69) is 0 Å². The number of ether oxygens (including phenoxy) is 2. The Bertz CT molecular complexity index is 351. The topological polar surface area (TPSA) is 18.5 Å². The third kappa shape index (κ3) is 1.61. The zero-order valence-corrected chi connectivity index (χ0v) is 7.85. The maximum atomic E-state index is 13.4. The maximum Gasteiger partial charge on any atom is 0.186 e. The van der Waals surface area contributed by atoms with E-state index in [0.717, 1.165) is 6.07 Å². The Hall–Kier alpha value is -0.710. The molecule has 2 nitrogen and oxygen atoms in total. The molecule has 0 bridgehead atoms. The lowest BCUT2D eigenvalue weighted by Crippen LogP contribution is -2.02. The van der Waals surface area contributed by atoms with E-state index in [1.54, 1.807) is 0 Å². The van der Waals surface area contributed by atoms with Crippen LogP contribution < -0.4 is 0 Å². The number of halogens is 3. The van der Waals surface area contributed by atoms with E-state index in [0.29, 0.717) is 13.2 Å². The van der Waals surface area contributed by atoms with Crippen molar-refractivity contribution in [2.24, 2.45) is 0 Å². The van der Waals surface area contributed by atoms with Gasteiger partial charge in [-0.3, -0.25) is 0 Å². The van der Waals surface area contributed by atoms with Gasteiger partial charge in [0.1, 0.15) is 10.8 Å². The Morgan fingerprint density at radius 3 is 2.50 bits per heavy atom. The van der Waals surface area contributed by atoms with Crippen molar-refractivity contribution in [2.45, 2.75) is 6.29 Å².